The van der Waals surface area contributed by atoms with E-state index in [1.807, 2.05) is 0 Å². The van der Waals surface area contributed by atoms with Crippen molar-refractivity contribution < 1.29 is 28.2 Å². The smallest absolute Gasteiger partial charge is 0.348 e. The molecule has 0 fully saturated rings. The first-order valence-electron chi connectivity index (χ1n) is 9.64. The lowest BCUT2D eigenvalue weighted by Crippen LogP contribution is -2.16. The molecule has 0 radical (unpaired) electrons. The van der Waals surface area contributed by atoms with Gasteiger partial charge in [0.05, 0.1) is 30.4 Å². The van der Waals surface area contributed by atoms with Crippen molar-refractivity contribution in [2.75, 3.05) is 11.9 Å². The zero-order valence-corrected chi connectivity index (χ0v) is 18.3. The van der Waals surface area contributed by atoms with Crippen molar-refractivity contribution in [3.63, 3.8) is 0 Å². The Labute approximate surface area is 182 Å². The Morgan fingerprint density at radius 1 is 1.23 bits per heavy atom. The number of rotatable bonds is 7. The quantitative estimate of drug-likeness (QED) is 0.554. The molecule has 3 rings (SSSR count). The molecule has 0 aliphatic rings. The molecule has 3 aromatic heterocycles. The lowest BCUT2D eigenvalue weighted by molar-refractivity contribution is -0.115. The second kappa shape index (κ2) is 9.25. The zero-order valence-electron chi connectivity index (χ0n) is 17.5. The number of hydrogen-bond donors (Lipinski definition) is 1. The van der Waals surface area contributed by atoms with Crippen LogP contribution in [0.1, 0.15) is 52.1 Å². The number of nitrogens with one attached hydrogen (secondary N) is 1. The van der Waals surface area contributed by atoms with E-state index in [0.29, 0.717) is 16.9 Å². The highest BCUT2D eigenvalue weighted by atomic mass is 32.1. The Morgan fingerprint density at radius 2 is 1.97 bits per heavy atom. The first-order valence-corrected chi connectivity index (χ1v) is 10.5. The molecule has 1 amide bonds. The van der Waals surface area contributed by atoms with Crippen LogP contribution in [0.15, 0.2) is 24.5 Å². The maximum Gasteiger partial charge on any atom is 0.348 e. The average Bonchev–Trinajstić information content (AvgIpc) is 3.20. The molecule has 0 saturated heterocycles. The summed E-state index contributed by atoms with van der Waals surface area (Å²) in [6.45, 7) is 6.85. The van der Waals surface area contributed by atoms with Gasteiger partial charge in [0.1, 0.15) is 21.3 Å². The summed E-state index contributed by atoms with van der Waals surface area (Å²) in [4.78, 5) is 42.0. The molecule has 0 aromatic carbocycles. The molecule has 0 aliphatic carbocycles. The highest BCUT2D eigenvalue weighted by Gasteiger charge is 2.28. The molecular weight excluding hydrogens is 425 g/mol. The monoisotopic (exact) mass is 447 g/mol. The van der Waals surface area contributed by atoms with Gasteiger partial charge in [0.25, 0.3) is 0 Å². The van der Waals surface area contributed by atoms with Crippen LogP contribution < -0.4 is 5.32 Å². The third-order valence-corrected chi connectivity index (χ3v) is 5.40. The highest BCUT2D eigenvalue weighted by molar-refractivity contribution is 7.18. The van der Waals surface area contributed by atoms with Gasteiger partial charge in [-0.2, -0.15) is 0 Å². The van der Waals surface area contributed by atoms with E-state index in [9.17, 15) is 18.8 Å². The maximum atomic E-state index is 13.4. The molecule has 8 nitrogen and oxygen atoms in total. The number of nitrogens with zero attached hydrogens (tertiary/aromatic N) is 2. The molecule has 3 aromatic rings. The summed E-state index contributed by atoms with van der Waals surface area (Å²) >= 11 is 0.954. The van der Waals surface area contributed by atoms with E-state index in [-0.39, 0.29) is 34.6 Å². The molecule has 0 aliphatic heterocycles. The summed E-state index contributed by atoms with van der Waals surface area (Å²) in [5.41, 5.74) is 1.43. The molecular formula is C21H22FN3O5S. The summed E-state index contributed by atoms with van der Waals surface area (Å²) < 4.78 is 25.2. The number of aromatic nitrogens is 2. The summed E-state index contributed by atoms with van der Waals surface area (Å²) in [5, 5.41) is 2.87. The van der Waals surface area contributed by atoms with Crippen molar-refractivity contribution in [2.45, 2.75) is 40.2 Å². The fourth-order valence-electron chi connectivity index (χ4n) is 2.95. The van der Waals surface area contributed by atoms with Crippen molar-refractivity contribution in [3.05, 3.63) is 52.0 Å². The number of imidazole rings is 1. The number of halogens is 1. The third-order valence-electron chi connectivity index (χ3n) is 4.21. The number of fused-ring (bicyclic) bond motifs is 1. The number of carbonyl (C=O) groups excluding carboxylic acids is 3. The first kappa shape index (κ1) is 22.4. The van der Waals surface area contributed by atoms with Gasteiger partial charge >= 0.3 is 11.9 Å². The van der Waals surface area contributed by atoms with Gasteiger partial charge in [-0.3, -0.25) is 4.79 Å². The Balaban J connectivity index is 1.86. The van der Waals surface area contributed by atoms with Crippen molar-refractivity contribution in [1.29, 1.82) is 0 Å². The van der Waals surface area contributed by atoms with Crippen LogP contribution in [0.25, 0.3) is 5.65 Å². The van der Waals surface area contributed by atoms with E-state index in [4.69, 9.17) is 9.47 Å². The molecule has 0 unspecified atom stereocenters. The van der Waals surface area contributed by atoms with E-state index >= 15 is 0 Å². The summed E-state index contributed by atoms with van der Waals surface area (Å²) in [6.07, 6.45) is 2.37. The second-order valence-corrected chi connectivity index (χ2v) is 8.03. The van der Waals surface area contributed by atoms with Crippen LogP contribution in [0.4, 0.5) is 9.39 Å². The number of ether oxygens (including phenoxy) is 2. The largest absolute Gasteiger partial charge is 0.462 e. The Morgan fingerprint density at radius 3 is 2.65 bits per heavy atom. The van der Waals surface area contributed by atoms with Crippen LogP contribution in [-0.2, 0) is 20.7 Å². The molecule has 10 heteroatoms. The van der Waals surface area contributed by atoms with Gasteiger partial charge in [0.15, 0.2) is 0 Å². The van der Waals surface area contributed by atoms with Crippen LogP contribution in [0.5, 0.6) is 0 Å². The van der Waals surface area contributed by atoms with Crippen molar-refractivity contribution >= 4 is 39.8 Å². The van der Waals surface area contributed by atoms with Gasteiger partial charge in [-0.05, 0) is 45.4 Å². The second-order valence-electron chi connectivity index (χ2n) is 7.00. The fraction of sp³-hybridized carbons (Fsp3) is 0.333. The third kappa shape index (κ3) is 5.08. The predicted molar refractivity (Wildman–Crippen MR) is 113 cm³/mol. The number of pyridine rings is 1. The minimum absolute atomic E-state index is 0.103. The summed E-state index contributed by atoms with van der Waals surface area (Å²) in [7, 11) is 0. The number of esters is 2. The van der Waals surface area contributed by atoms with Crippen LogP contribution >= 0.6 is 11.3 Å². The number of thiophene rings is 1. The minimum Gasteiger partial charge on any atom is -0.462 e. The van der Waals surface area contributed by atoms with E-state index in [1.165, 1.54) is 22.7 Å². The molecule has 31 heavy (non-hydrogen) atoms. The SMILES string of the molecule is CCOC(=O)c1c(NC(=O)Cc2cn3cc(F)ccc3n2)sc(C(=O)OC(C)C)c1C. The van der Waals surface area contributed by atoms with Crippen LogP contribution in [0.2, 0.25) is 0 Å². The lowest BCUT2D eigenvalue weighted by Gasteiger charge is -2.07. The van der Waals surface area contributed by atoms with E-state index < -0.39 is 23.7 Å². The average molecular weight is 447 g/mol. The maximum absolute atomic E-state index is 13.4. The van der Waals surface area contributed by atoms with Crippen LogP contribution in [0, 0.1) is 12.7 Å². The molecule has 0 bridgehead atoms. The standard InChI is InChI=1S/C21H22FN3O5S/c1-5-29-20(27)17-12(4)18(21(28)30-11(2)3)31-19(17)24-16(26)8-14-10-25-9-13(22)6-7-15(25)23-14/h6-7,9-11H,5,8H2,1-4H3,(H,24,26). The topological polar surface area (TPSA) is 99.0 Å². The van der Waals surface area contributed by atoms with Crippen molar-refractivity contribution in [2.24, 2.45) is 0 Å². The van der Waals surface area contributed by atoms with Crippen molar-refractivity contribution in [1.82, 2.24) is 9.38 Å². The Hall–Kier alpha value is -3.27. The number of carbonyl (C=O) groups is 3. The molecule has 164 valence electrons. The van der Waals surface area contributed by atoms with E-state index in [0.717, 1.165) is 11.3 Å². The number of anilines is 1. The normalized spacial score (nSPS) is 11.0. The predicted octanol–water partition coefficient (Wildman–Crippen LogP) is 3.77. The Kier molecular flexibility index (Phi) is 6.69. The minimum atomic E-state index is -0.640. The lowest BCUT2D eigenvalue weighted by atomic mass is 10.1. The molecule has 0 atom stereocenters. The summed E-state index contributed by atoms with van der Waals surface area (Å²) in [6, 6.07) is 2.79. The van der Waals surface area contributed by atoms with Gasteiger partial charge in [0.2, 0.25) is 5.91 Å². The van der Waals surface area contributed by atoms with Gasteiger partial charge < -0.3 is 19.2 Å². The van der Waals surface area contributed by atoms with Crippen molar-refractivity contribution in [3.8, 4) is 0 Å². The highest BCUT2D eigenvalue weighted by Crippen LogP contribution is 2.34. The Bertz CT molecular complexity index is 1150. The molecule has 0 saturated carbocycles. The van der Waals surface area contributed by atoms with Gasteiger partial charge in [-0.25, -0.2) is 19.0 Å². The zero-order chi connectivity index (χ0) is 22.7. The van der Waals surface area contributed by atoms with E-state index in [1.54, 1.807) is 33.9 Å². The molecule has 0 spiro atoms. The number of hydrogen-bond acceptors (Lipinski definition) is 7. The van der Waals surface area contributed by atoms with Gasteiger partial charge in [0, 0.05) is 12.4 Å². The van der Waals surface area contributed by atoms with Gasteiger partial charge in [-0.15, -0.1) is 11.3 Å². The first-order chi connectivity index (χ1) is 14.7. The number of amides is 1. The molecule has 1 N–H and O–H groups in total. The molecule has 3 heterocycles. The van der Waals surface area contributed by atoms with Crippen LogP contribution in [0.3, 0.4) is 0 Å². The van der Waals surface area contributed by atoms with Gasteiger partial charge in [-0.1, -0.05) is 0 Å². The summed E-state index contributed by atoms with van der Waals surface area (Å²) in [5.74, 6) is -2.08. The fourth-order valence-corrected chi connectivity index (χ4v) is 4.04. The van der Waals surface area contributed by atoms with E-state index in [2.05, 4.69) is 10.3 Å². The van der Waals surface area contributed by atoms with Crippen LogP contribution in [-0.4, -0.2) is 39.9 Å².